The lowest BCUT2D eigenvalue weighted by Crippen LogP contribution is -2.43. The van der Waals surface area contributed by atoms with Gasteiger partial charge in [-0.3, -0.25) is 9.59 Å². The molecule has 0 spiro atoms. The minimum Gasteiger partial charge on any atom is -0.382 e. The zero-order valence-electron chi connectivity index (χ0n) is 18.7. The van der Waals surface area contributed by atoms with E-state index in [1.165, 1.54) is 17.0 Å². The van der Waals surface area contributed by atoms with Gasteiger partial charge in [0.25, 0.3) is 5.91 Å². The average Bonchev–Trinajstić information content (AvgIpc) is 3.34. The van der Waals surface area contributed by atoms with Crippen molar-refractivity contribution < 1.29 is 31.5 Å². The number of nitrogens with zero attached hydrogens (tertiary/aromatic N) is 4. The second-order valence-corrected chi connectivity index (χ2v) is 8.98. The topological polar surface area (TPSA) is 106 Å². The van der Waals surface area contributed by atoms with Crippen LogP contribution in [-0.4, -0.2) is 56.6 Å². The Labute approximate surface area is 201 Å². The van der Waals surface area contributed by atoms with Crippen molar-refractivity contribution >= 4 is 23.1 Å². The van der Waals surface area contributed by atoms with E-state index in [2.05, 4.69) is 15.4 Å². The first kappa shape index (κ1) is 23.9. The number of benzene rings is 1. The number of nitrogens with two attached hydrogens (primary N) is 1. The Kier molecular flexibility index (Phi) is 5.80. The number of anilines is 1. The van der Waals surface area contributed by atoms with Crippen LogP contribution in [0.15, 0.2) is 30.6 Å². The normalized spacial score (nSPS) is 20.5. The summed E-state index contributed by atoms with van der Waals surface area (Å²) in [5.74, 6) is -2.80. The zero-order valence-corrected chi connectivity index (χ0v) is 18.7. The fourth-order valence-electron chi connectivity index (χ4n) is 4.62. The van der Waals surface area contributed by atoms with Gasteiger partial charge in [0.15, 0.2) is 5.82 Å². The Morgan fingerprint density at radius 1 is 1.17 bits per heavy atom. The van der Waals surface area contributed by atoms with Gasteiger partial charge in [-0.25, -0.2) is 18.3 Å². The first-order chi connectivity index (χ1) is 17.1. The van der Waals surface area contributed by atoms with Gasteiger partial charge in [0, 0.05) is 18.0 Å². The number of halogens is 5. The van der Waals surface area contributed by atoms with Crippen LogP contribution in [0.3, 0.4) is 0 Å². The summed E-state index contributed by atoms with van der Waals surface area (Å²) < 4.78 is 71.7. The van der Waals surface area contributed by atoms with Crippen molar-refractivity contribution in [2.24, 2.45) is 5.92 Å². The van der Waals surface area contributed by atoms with E-state index in [0.29, 0.717) is 6.07 Å². The SMILES string of the molecule is Nc1ncnn2c(-c3cccc(C(=O)N[C@@H]4CN(C(=O)C5CCC5)C[C@@H]4F)c3F)cc(C(F)(F)F)c12. The highest BCUT2D eigenvalue weighted by Crippen LogP contribution is 2.39. The van der Waals surface area contributed by atoms with Gasteiger partial charge in [-0.1, -0.05) is 12.5 Å². The van der Waals surface area contributed by atoms with Gasteiger partial charge < -0.3 is 16.0 Å². The number of likely N-dealkylation sites (tertiary alicyclic amines) is 1. The van der Waals surface area contributed by atoms with Crippen LogP contribution < -0.4 is 11.1 Å². The molecule has 3 aromatic rings. The smallest absolute Gasteiger partial charge is 0.382 e. The van der Waals surface area contributed by atoms with Crippen LogP contribution in [0, 0.1) is 11.7 Å². The number of hydrogen-bond donors (Lipinski definition) is 2. The molecule has 13 heteroatoms. The van der Waals surface area contributed by atoms with E-state index in [1.54, 1.807) is 0 Å². The number of carbonyl (C=O) groups excluding carboxylic acids is 2. The third-order valence-electron chi connectivity index (χ3n) is 6.74. The number of amides is 2. The average molecular weight is 508 g/mol. The summed E-state index contributed by atoms with van der Waals surface area (Å²) in [7, 11) is 0. The molecule has 2 fully saturated rings. The molecule has 3 heterocycles. The molecular weight excluding hydrogens is 487 g/mol. The molecule has 2 aliphatic rings. The summed E-state index contributed by atoms with van der Waals surface area (Å²) >= 11 is 0. The fraction of sp³-hybridized carbons (Fsp3) is 0.391. The highest BCUT2D eigenvalue weighted by molar-refractivity contribution is 5.96. The standard InChI is InChI=1S/C23H21F5N6O2/c24-15-8-33(22(36)11-3-1-4-11)9-16(15)32-21(35)13-6-2-5-12(18(13)25)17-7-14(23(26,27)28)19-20(29)30-10-31-34(17)19/h2,5-7,10-11,15-16H,1,3-4,8-9H2,(H,32,35)(H2,29,30,31)/t15-,16+/m0/s1. The summed E-state index contributed by atoms with van der Waals surface area (Å²) in [4.78, 5) is 30.2. The molecule has 1 aliphatic carbocycles. The number of nitrogen functional groups attached to an aromatic ring is 1. The Balaban J connectivity index is 1.44. The molecule has 0 unspecified atom stereocenters. The van der Waals surface area contributed by atoms with E-state index >= 15 is 4.39 Å². The van der Waals surface area contributed by atoms with Gasteiger partial charge in [-0.15, -0.1) is 0 Å². The van der Waals surface area contributed by atoms with E-state index < -0.39 is 52.6 Å². The predicted molar refractivity (Wildman–Crippen MR) is 118 cm³/mol. The molecule has 0 radical (unpaired) electrons. The first-order valence-corrected chi connectivity index (χ1v) is 11.3. The fourth-order valence-corrected chi connectivity index (χ4v) is 4.62. The van der Waals surface area contributed by atoms with Crippen molar-refractivity contribution in [2.75, 3.05) is 18.8 Å². The van der Waals surface area contributed by atoms with Gasteiger partial charge >= 0.3 is 6.18 Å². The number of hydrogen-bond acceptors (Lipinski definition) is 5. The molecule has 8 nitrogen and oxygen atoms in total. The molecular formula is C23H21F5N6O2. The molecule has 2 aromatic heterocycles. The third kappa shape index (κ3) is 4.01. The highest BCUT2D eigenvalue weighted by atomic mass is 19.4. The van der Waals surface area contributed by atoms with Gasteiger partial charge in [0.2, 0.25) is 5.91 Å². The van der Waals surface area contributed by atoms with E-state index in [-0.39, 0.29) is 36.2 Å². The molecule has 1 aromatic carbocycles. The Bertz CT molecular complexity index is 1350. The summed E-state index contributed by atoms with van der Waals surface area (Å²) in [6.07, 6.45) is -2.98. The maximum Gasteiger partial charge on any atom is 0.418 e. The van der Waals surface area contributed by atoms with Gasteiger partial charge in [-0.2, -0.15) is 18.3 Å². The van der Waals surface area contributed by atoms with Crippen molar-refractivity contribution in [2.45, 2.75) is 37.7 Å². The van der Waals surface area contributed by atoms with Crippen LogP contribution >= 0.6 is 0 Å². The van der Waals surface area contributed by atoms with Crippen molar-refractivity contribution in [3.63, 3.8) is 0 Å². The monoisotopic (exact) mass is 508 g/mol. The molecule has 3 N–H and O–H groups in total. The lowest BCUT2D eigenvalue weighted by molar-refractivity contribution is -0.137. The molecule has 5 rings (SSSR count). The lowest BCUT2D eigenvalue weighted by atomic mass is 9.84. The second kappa shape index (κ2) is 8.71. The van der Waals surface area contributed by atoms with Gasteiger partial charge in [0.1, 0.15) is 23.8 Å². The minimum atomic E-state index is -4.82. The molecule has 2 amide bonds. The van der Waals surface area contributed by atoms with E-state index in [4.69, 9.17) is 5.73 Å². The molecule has 190 valence electrons. The number of alkyl halides is 4. The first-order valence-electron chi connectivity index (χ1n) is 11.3. The molecule has 36 heavy (non-hydrogen) atoms. The summed E-state index contributed by atoms with van der Waals surface area (Å²) in [5.41, 5.74) is 2.81. The van der Waals surface area contributed by atoms with Crippen LogP contribution in [0.25, 0.3) is 16.8 Å². The largest absolute Gasteiger partial charge is 0.418 e. The van der Waals surface area contributed by atoms with Gasteiger partial charge in [-0.05, 0) is 31.0 Å². The summed E-state index contributed by atoms with van der Waals surface area (Å²) in [5, 5.41) is 6.20. The Morgan fingerprint density at radius 3 is 2.58 bits per heavy atom. The third-order valence-corrected chi connectivity index (χ3v) is 6.74. The van der Waals surface area contributed by atoms with Crippen LogP contribution in [-0.2, 0) is 11.0 Å². The van der Waals surface area contributed by atoms with Crippen molar-refractivity contribution in [1.29, 1.82) is 0 Å². The highest BCUT2D eigenvalue weighted by Gasteiger charge is 2.40. The molecule has 0 bridgehead atoms. The molecule has 1 saturated heterocycles. The van der Waals surface area contributed by atoms with Crippen molar-refractivity contribution in [3.8, 4) is 11.3 Å². The van der Waals surface area contributed by atoms with Gasteiger partial charge in [0.05, 0.1) is 29.4 Å². The van der Waals surface area contributed by atoms with E-state index in [1.807, 2.05) is 0 Å². The Morgan fingerprint density at radius 2 is 1.92 bits per heavy atom. The summed E-state index contributed by atoms with van der Waals surface area (Å²) in [6, 6.07) is 3.26. The number of nitrogens with one attached hydrogen (secondary N) is 1. The maximum atomic E-state index is 15.5. The molecule has 2 atom stereocenters. The number of fused-ring (bicyclic) bond motifs is 1. The predicted octanol–water partition coefficient (Wildman–Crippen LogP) is 3.22. The molecule has 1 aliphatic heterocycles. The quantitative estimate of drug-likeness (QED) is 0.527. The van der Waals surface area contributed by atoms with Crippen molar-refractivity contribution in [1.82, 2.24) is 24.8 Å². The van der Waals surface area contributed by atoms with E-state index in [9.17, 15) is 27.2 Å². The van der Waals surface area contributed by atoms with Crippen LogP contribution in [0.1, 0.15) is 35.2 Å². The number of aromatic nitrogens is 3. The van der Waals surface area contributed by atoms with E-state index in [0.717, 1.165) is 36.2 Å². The maximum absolute atomic E-state index is 15.5. The van der Waals surface area contributed by atoms with Crippen molar-refractivity contribution in [3.05, 3.63) is 47.5 Å². The zero-order chi connectivity index (χ0) is 25.8. The minimum absolute atomic E-state index is 0.0436. The van der Waals surface area contributed by atoms with Crippen LogP contribution in [0.2, 0.25) is 0 Å². The summed E-state index contributed by atoms with van der Waals surface area (Å²) in [6.45, 7) is -0.210. The number of rotatable bonds is 4. The lowest BCUT2D eigenvalue weighted by Gasteiger charge is -2.28. The van der Waals surface area contributed by atoms with Crippen LogP contribution in [0.5, 0.6) is 0 Å². The number of carbonyl (C=O) groups is 2. The Hall–Kier alpha value is -3.77. The van der Waals surface area contributed by atoms with Crippen LogP contribution in [0.4, 0.5) is 27.8 Å². The second-order valence-electron chi connectivity index (χ2n) is 8.98. The molecule has 1 saturated carbocycles.